The van der Waals surface area contributed by atoms with Crippen LogP contribution in [0.4, 0.5) is 0 Å². The number of rotatable bonds is 6. The number of methoxy groups -OCH3 is 1. The lowest BCUT2D eigenvalue weighted by Crippen LogP contribution is -2.78. The van der Waals surface area contributed by atoms with Crippen molar-refractivity contribution in [1.29, 1.82) is 0 Å². The first-order valence-corrected chi connectivity index (χ1v) is 17.0. The zero-order valence-corrected chi connectivity index (χ0v) is 27.3. The summed E-state index contributed by atoms with van der Waals surface area (Å²) in [5.74, 6) is 1.31. The second-order valence-electron chi connectivity index (χ2n) is 13.9. The van der Waals surface area contributed by atoms with Crippen molar-refractivity contribution in [1.82, 2.24) is 9.80 Å². The summed E-state index contributed by atoms with van der Waals surface area (Å²) < 4.78 is 12.6. The zero-order chi connectivity index (χ0) is 32.5. The third-order valence-corrected chi connectivity index (χ3v) is 12.9. The molecule has 242 valence electrons. The third kappa shape index (κ3) is 3.41. The molecule has 2 spiro atoms. The van der Waals surface area contributed by atoms with Crippen LogP contribution in [0.1, 0.15) is 56.2 Å². The van der Waals surface area contributed by atoms with E-state index >= 15 is 0 Å². The Bertz CT molecular complexity index is 1850. The van der Waals surface area contributed by atoms with Gasteiger partial charge in [-0.05, 0) is 111 Å². The maximum absolute atomic E-state index is 13.7. The largest absolute Gasteiger partial charge is 0.508 e. The van der Waals surface area contributed by atoms with Crippen LogP contribution in [0.5, 0.6) is 11.5 Å². The third-order valence-electron chi connectivity index (χ3n) is 12.4. The van der Waals surface area contributed by atoms with E-state index in [1.54, 1.807) is 31.4 Å². The zero-order valence-electron chi connectivity index (χ0n) is 26.5. The van der Waals surface area contributed by atoms with Crippen molar-refractivity contribution < 1.29 is 33.9 Å². The van der Waals surface area contributed by atoms with Gasteiger partial charge in [0.15, 0.2) is 10.7 Å². The van der Waals surface area contributed by atoms with Gasteiger partial charge in [0.25, 0.3) is 17.6 Å². The van der Waals surface area contributed by atoms with Crippen molar-refractivity contribution in [2.24, 2.45) is 29.1 Å². The van der Waals surface area contributed by atoms with Crippen LogP contribution in [0.15, 0.2) is 65.9 Å². The van der Waals surface area contributed by atoms with Crippen molar-refractivity contribution in [3.05, 3.63) is 82.6 Å². The number of thiocarbonyl (C=S) groups is 1. The van der Waals surface area contributed by atoms with Gasteiger partial charge in [-0.25, -0.2) is 4.89 Å². The van der Waals surface area contributed by atoms with Gasteiger partial charge >= 0.3 is 0 Å². The van der Waals surface area contributed by atoms with E-state index in [0.29, 0.717) is 58.5 Å². The summed E-state index contributed by atoms with van der Waals surface area (Å²) in [6.07, 6.45) is 10.2. The highest BCUT2D eigenvalue weighted by atomic mass is 32.1. The first-order chi connectivity index (χ1) is 22.7. The first-order valence-electron chi connectivity index (χ1n) is 16.6. The molecule has 10 heteroatoms. The quantitative estimate of drug-likeness (QED) is 0.184. The van der Waals surface area contributed by atoms with E-state index in [-0.39, 0.29) is 16.4 Å². The summed E-state index contributed by atoms with van der Waals surface area (Å²) in [4.78, 5) is 42.6. The lowest BCUT2D eigenvalue weighted by Gasteiger charge is -2.73. The molecule has 2 aromatic carbocycles. The number of hydrogen-bond donors (Lipinski definition) is 1. The van der Waals surface area contributed by atoms with Crippen LogP contribution in [0.3, 0.4) is 0 Å². The Morgan fingerprint density at radius 3 is 2.36 bits per heavy atom. The molecule has 2 aromatic rings. The number of ether oxygens (including phenoxy) is 2. The van der Waals surface area contributed by atoms with Crippen LogP contribution in [0, 0.1) is 29.1 Å². The SMILES string of the molecule is CCN1C(=O)C(=C2C=C(/C=C/c3ccc(O)cc3C3(OC)OOC34C3CC5CC6CC4C56C3)Oc3ccccc32)C(=O)N(CC)C1=S. The van der Waals surface area contributed by atoms with Gasteiger partial charge in [0, 0.05) is 42.8 Å². The highest BCUT2D eigenvalue weighted by Crippen LogP contribution is 2.87. The number of aromatic hydroxyl groups is 1. The minimum absolute atomic E-state index is 0.0540. The maximum atomic E-state index is 13.7. The minimum Gasteiger partial charge on any atom is -0.508 e. The summed E-state index contributed by atoms with van der Waals surface area (Å²) in [6, 6.07) is 12.5. The summed E-state index contributed by atoms with van der Waals surface area (Å²) in [5, 5.41) is 10.9. The maximum Gasteiger partial charge on any atom is 0.266 e. The van der Waals surface area contributed by atoms with E-state index in [9.17, 15) is 14.7 Å². The van der Waals surface area contributed by atoms with Crippen molar-refractivity contribution in [3.63, 3.8) is 0 Å². The number of carbonyl (C=O) groups is 2. The first kappa shape index (κ1) is 29.3. The molecule has 9 rings (SSSR count). The Kier molecular flexibility index (Phi) is 6.15. The number of phenols is 1. The van der Waals surface area contributed by atoms with Gasteiger partial charge in [0.05, 0.1) is 0 Å². The fraction of sp³-hybridized carbons (Fsp3) is 0.432. The van der Waals surface area contributed by atoms with Gasteiger partial charge in [-0.2, -0.15) is 4.89 Å². The molecule has 3 aliphatic heterocycles. The molecule has 7 aliphatic rings. The smallest absolute Gasteiger partial charge is 0.266 e. The monoisotopic (exact) mass is 652 g/mol. The van der Waals surface area contributed by atoms with Crippen molar-refractivity contribution in [2.75, 3.05) is 20.2 Å². The van der Waals surface area contributed by atoms with E-state index in [1.807, 2.05) is 50.3 Å². The molecule has 3 heterocycles. The van der Waals surface area contributed by atoms with Crippen molar-refractivity contribution in [2.45, 2.75) is 50.9 Å². The highest BCUT2D eigenvalue weighted by Gasteiger charge is 2.90. The fourth-order valence-corrected chi connectivity index (χ4v) is 10.9. The molecule has 2 amide bonds. The standard InChI is InChI=1S/C37H36N2O7S/c1-4-38-32(41)31(33(42)39(5-2)34(38)47)27-18-25(44-29-9-7-6-8-26(27)29)13-11-20-10-12-24(40)17-28(20)37(43-3)36(45-46-37)23-15-21-14-22-16-30(36)35(21,22)19-23/h6-13,17-18,21-23,30,40H,4-5,14-16,19H2,1-3H3/b13-11+. The molecular weight excluding hydrogens is 616 g/mol. The van der Waals surface area contributed by atoms with Gasteiger partial charge in [0.2, 0.25) is 0 Å². The van der Waals surface area contributed by atoms with E-state index in [2.05, 4.69) is 0 Å². The normalized spacial score (nSPS) is 36.2. The van der Waals surface area contributed by atoms with Gasteiger partial charge in [-0.1, -0.05) is 30.3 Å². The predicted octanol–water partition coefficient (Wildman–Crippen LogP) is 5.70. The van der Waals surface area contributed by atoms with Gasteiger partial charge in [-0.3, -0.25) is 19.4 Å². The number of carbonyl (C=O) groups excluding carboxylic acids is 2. The topological polar surface area (TPSA) is 97.8 Å². The van der Waals surface area contributed by atoms with Crippen LogP contribution in [0.2, 0.25) is 0 Å². The Balaban J connectivity index is 1.13. The van der Waals surface area contributed by atoms with Crippen LogP contribution >= 0.6 is 12.2 Å². The molecule has 0 radical (unpaired) electrons. The predicted molar refractivity (Wildman–Crippen MR) is 175 cm³/mol. The second-order valence-corrected chi connectivity index (χ2v) is 14.2. The number of amides is 2. The Morgan fingerprint density at radius 2 is 1.70 bits per heavy atom. The van der Waals surface area contributed by atoms with Crippen LogP contribution in [-0.2, 0) is 29.9 Å². The number of allylic oxidation sites excluding steroid dienone is 3. The average molecular weight is 653 g/mol. The molecule has 7 unspecified atom stereocenters. The second kappa shape index (κ2) is 9.85. The van der Waals surface area contributed by atoms with Crippen LogP contribution in [-0.4, -0.2) is 57.6 Å². The van der Waals surface area contributed by atoms with E-state index in [0.717, 1.165) is 36.7 Å². The summed E-state index contributed by atoms with van der Waals surface area (Å²) >= 11 is 5.50. The number of likely N-dealkylation sites (N-methyl/N-ethyl adjacent to an activating group) is 2. The molecule has 4 saturated carbocycles. The number of benzene rings is 2. The summed E-state index contributed by atoms with van der Waals surface area (Å²) in [6.45, 7) is 4.36. The number of fused-ring (bicyclic) bond motifs is 4. The summed E-state index contributed by atoms with van der Waals surface area (Å²) in [5.41, 5.74) is 2.41. The fourth-order valence-electron chi connectivity index (χ4n) is 10.5. The molecule has 2 saturated heterocycles. The van der Waals surface area contributed by atoms with Gasteiger partial charge in [-0.15, -0.1) is 0 Å². The molecule has 0 aromatic heterocycles. The van der Waals surface area contributed by atoms with E-state index in [4.69, 9.17) is 31.5 Å². The number of nitrogens with zero attached hydrogens (tertiary/aromatic N) is 2. The Labute approximate surface area is 278 Å². The lowest BCUT2D eigenvalue weighted by molar-refractivity contribution is -0.643. The average Bonchev–Trinajstić information content (AvgIpc) is 3.55. The summed E-state index contributed by atoms with van der Waals surface area (Å²) in [7, 11) is 1.66. The van der Waals surface area contributed by atoms with Crippen LogP contribution in [0.25, 0.3) is 11.6 Å². The number of para-hydroxylation sites is 1. The van der Waals surface area contributed by atoms with E-state index in [1.165, 1.54) is 16.2 Å². The lowest BCUT2D eigenvalue weighted by atomic mass is 9.35. The Morgan fingerprint density at radius 1 is 0.979 bits per heavy atom. The van der Waals surface area contributed by atoms with Crippen molar-refractivity contribution >= 4 is 40.8 Å². The molecule has 1 N–H and O–H groups in total. The van der Waals surface area contributed by atoms with Gasteiger partial charge < -0.3 is 14.6 Å². The molecule has 4 aliphatic carbocycles. The molecular formula is C37H36N2O7S. The minimum atomic E-state index is -1.16. The molecule has 7 atom stereocenters. The van der Waals surface area contributed by atoms with E-state index < -0.39 is 23.2 Å². The number of hydrogen-bond acceptors (Lipinski definition) is 8. The molecule has 6 fully saturated rings. The van der Waals surface area contributed by atoms with Gasteiger partial charge in [0.1, 0.15) is 22.8 Å². The molecule has 47 heavy (non-hydrogen) atoms. The molecule has 9 nitrogen and oxygen atoms in total. The number of phenolic OH excluding ortho intramolecular Hbond substituents is 1. The van der Waals surface area contributed by atoms with Crippen LogP contribution < -0.4 is 4.74 Å². The molecule has 2 bridgehead atoms. The highest BCUT2D eigenvalue weighted by molar-refractivity contribution is 7.80. The Hall–Kier alpha value is -3.83. The van der Waals surface area contributed by atoms with Crippen molar-refractivity contribution in [3.8, 4) is 11.5 Å².